The lowest BCUT2D eigenvalue weighted by Crippen LogP contribution is -2.34. The quantitative estimate of drug-likeness (QED) is 0.648. The van der Waals surface area contributed by atoms with E-state index in [9.17, 15) is 13.2 Å². The first-order valence-corrected chi connectivity index (χ1v) is 11.4. The van der Waals surface area contributed by atoms with Crippen LogP contribution >= 0.6 is 0 Å². The van der Waals surface area contributed by atoms with Gasteiger partial charge in [0.2, 0.25) is 15.9 Å². The molecule has 0 N–H and O–H groups in total. The van der Waals surface area contributed by atoms with Crippen LogP contribution in [-0.4, -0.2) is 73.5 Å². The van der Waals surface area contributed by atoms with Crippen LogP contribution in [0, 0.1) is 0 Å². The molecular weight excluding hydrogens is 392 g/mol. The Morgan fingerprint density at radius 2 is 2.07 bits per heavy atom. The predicted molar refractivity (Wildman–Crippen MR) is 111 cm³/mol. The van der Waals surface area contributed by atoms with Crippen LogP contribution in [0.4, 0.5) is 0 Å². The highest BCUT2D eigenvalue weighted by Gasteiger charge is 2.22. The van der Waals surface area contributed by atoms with Crippen LogP contribution in [0.5, 0.6) is 0 Å². The van der Waals surface area contributed by atoms with Crippen molar-refractivity contribution in [1.29, 1.82) is 0 Å². The molecule has 1 saturated heterocycles. The van der Waals surface area contributed by atoms with Crippen molar-refractivity contribution < 1.29 is 17.9 Å². The third-order valence-electron chi connectivity index (χ3n) is 5.38. The fraction of sp³-hybridized carbons (Fsp3) is 0.600. The molecule has 1 aliphatic rings. The third-order valence-corrected chi connectivity index (χ3v) is 7.19. The number of aromatic nitrogens is 2. The summed E-state index contributed by atoms with van der Waals surface area (Å²) >= 11 is 0. The first kappa shape index (κ1) is 21.7. The zero-order chi connectivity index (χ0) is 21.2. The maximum atomic E-state index is 12.5. The average Bonchev–Trinajstić information content (AvgIpc) is 3.31. The summed E-state index contributed by atoms with van der Waals surface area (Å²) in [4.78, 5) is 19.1. The van der Waals surface area contributed by atoms with Gasteiger partial charge in [-0.3, -0.25) is 4.79 Å². The molecule has 160 valence electrons. The van der Waals surface area contributed by atoms with E-state index in [0.717, 1.165) is 30.8 Å². The Bertz CT molecular complexity index is 978. The highest BCUT2D eigenvalue weighted by Crippen LogP contribution is 2.23. The summed E-state index contributed by atoms with van der Waals surface area (Å²) in [6.07, 6.45) is 3.06. The molecule has 0 aliphatic carbocycles. The number of hydrogen-bond donors (Lipinski definition) is 0. The van der Waals surface area contributed by atoms with Gasteiger partial charge in [-0.25, -0.2) is 17.7 Å². The fourth-order valence-electron chi connectivity index (χ4n) is 3.68. The van der Waals surface area contributed by atoms with E-state index in [0.29, 0.717) is 31.4 Å². The number of fused-ring (bicyclic) bond motifs is 1. The van der Waals surface area contributed by atoms with Gasteiger partial charge in [0, 0.05) is 53.7 Å². The monoisotopic (exact) mass is 422 g/mol. The number of imidazole rings is 1. The van der Waals surface area contributed by atoms with Crippen molar-refractivity contribution in [3.05, 3.63) is 24.0 Å². The lowest BCUT2D eigenvalue weighted by molar-refractivity contribution is -0.131. The maximum Gasteiger partial charge on any atom is 0.242 e. The zero-order valence-corrected chi connectivity index (χ0v) is 18.4. The molecule has 0 bridgehead atoms. The molecule has 8 nitrogen and oxygen atoms in total. The zero-order valence-electron chi connectivity index (χ0n) is 17.6. The Morgan fingerprint density at radius 1 is 1.31 bits per heavy atom. The fourth-order valence-corrected chi connectivity index (χ4v) is 4.60. The molecule has 1 aromatic heterocycles. The molecule has 0 saturated carbocycles. The van der Waals surface area contributed by atoms with E-state index in [-0.39, 0.29) is 16.9 Å². The predicted octanol–water partition coefficient (Wildman–Crippen LogP) is 1.88. The SMILES string of the molecule is CCn1c(CCC(=O)N(C)CC2CCCO2)nc2cc(S(=O)(=O)N(C)C)ccc21. The Kier molecular flexibility index (Phi) is 6.60. The number of sulfonamides is 1. The van der Waals surface area contributed by atoms with Gasteiger partial charge in [0.1, 0.15) is 5.82 Å². The van der Waals surface area contributed by atoms with Gasteiger partial charge in [0.15, 0.2) is 0 Å². The molecule has 1 amide bonds. The normalized spacial score (nSPS) is 17.3. The van der Waals surface area contributed by atoms with Crippen molar-refractivity contribution >= 4 is 27.0 Å². The van der Waals surface area contributed by atoms with E-state index in [4.69, 9.17) is 4.74 Å². The number of hydrogen-bond acceptors (Lipinski definition) is 5. The molecule has 29 heavy (non-hydrogen) atoms. The summed E-state index contributed by atoms with van der Waals surface area (Å²) in [7, 11) is 1.31. The summed E-state index contributed by atoms with van der Waals surface area (Å²) in [5.41, 5.74) is 1.50. The van der Waals surface area contributed by atoms with E-state index >= 15 is 0 Å². The van der Waals surface area contributed by atoms with Gasteiger partial charge in [0.05, 0.1) is 22.0 Å². The van der Waals surface area contributed by atoms with E-state index in [1.165, 1.54) is 18.4 Å². The van der Waals surface area contributed by atoms with E-state index in [1.807, 2.05) is 18.5 Å². The molecule has 1 aromatic carbocycles. The molecule has 9 heteroatoms. The maximum absolute atomic E-state index is 12.5. The second-order valence-electron chi connectivity index (χ2n) is 7.62. The Balaban J connectivity index is 1.75. The minimum atomic E-state index is -3.52. The third kappa shape index (κ3) is 4.62. The molecule has 1 fully saturated rings. The number of aryl methyl sites for hydroxylation is 2. The van der Waals surface area contributed by atoms with Gasteiger partial charge in [-0.15, -0.1) is 0 Å². The Morgan fingerprint density at radius 3 is 2.69 bits per heavy atom. The lowest BCUT2D eigenvalue weighted by atomic mass is 10.2. The van der Waals surface area contributed by atoms with Gasteiger partial charge in [0.25, 0.3) is 0 Å². The summed E-state index contributed by atoms with van der Waals surface area (Å²) in [6.45, 7) is 4.11. The van der Waals surface area contributed by atoms with Crippen molar-refractivity contribution in [2.24, 2.45) is 0 Å². The highest BCUT2D eigenvalue weighted by molar-refractivity contribution is 7.89. The number of carbonyl (C=O) groups is 1. The molecule has 3 rings (SSSR count). The smallest absolute Gasteiger partial charge is 0.242 e. The van der Waals surface area contributed by atoms with Crippen LogP contribution in [0.2, 0.25) is 0 Å². The first-order valence-electron chi connectivity index (χ1n) is 10.0. The minimum absolute atomic E-state index is 0.0612. The van der Waals surface area contributed by atoms with Crippen LogP contribution in [0.15, 0.2) is 23.1 Å². The molecule has 2 aromatic rings. The van der Waals surface area contributed by atoms with Gasteiger partial charge < -0.3 is 14.2 Å². The van der Waals surface area contributed by atoms with Crippen LogP contribution in [0.3, 0.4) is 0 Å². The number of carbonyl (C=O) groups excluding carboxylic acids is 1. The van der Waals surface area contributed by atoms with E-state index in [2.05, 4.69) is 4.98 Å². The number of rotatable bonds is 8. The van der Waals surface area contributed by atoms with Crippen molar-refractivity contribution in [3.8, 4) is 0 Å². The van der Waals surface area contributed by atoms with Crippen molar-refractivity contribution in [2.45, 2.75) is 50.2 Å². The number of likely N-dealkylation sites (N-methyl/N-ethyl adjacent to an activating group) is 1. The molecule has 2 heterocycles. The molecular formula is C20H30N4O4S. The number of ether oxygens (including phenoxy) is 1. The van der Waals surface area contributed by atoms with Gasteiger partial charge in [-0.2, -0.15) is 0 Å². The van der Waals surface area contributed by atoms with Crippen LogP contribution in [0.25, 0.3) is 11.0 Å². The standard InChI is InChI=1S/C20H30N4O4S/c1-5-24-18-9-8-16(29(26,27)22(2)3)13-17(18)21-19(24)10-11-20(25)23(4)14-15-7-6-12-28-15/h8-9,13,15H,5-7,10-12,14H2,1-4H3. The van der Waals surface area contributed by atoms with Gasteiger partial charge in [-0.1, -0.05) is 0 Å². The lowest BCUT2D eigenvalue weighted by Gasteiger charge is -2.20. The van der Waals surface area contributed by atoms with Crippen LogP contribution in [0.1, 0.15) is 32.0 Å². The number of nitrogens with zero attached hydrogens (tertiary/aromatic N) is 4. The van der Waals surface area contributed by atoms with Crippen molar-refractivity contribution in [1.82, 2.24) is 18.8 Å². The molecule has 1 aliphatic heterocycles. The number of amides is 1. The molecule has 1 atom stereocenters. The van der Waals surface area contributed by atoms with Gasteiger partial charge in [-0.05, 0) is 38.0 Å². The highest BCUT2D eigenvalue weighted by atomic mass is 32.2. The van der Waals surface area contributed by atoms with Crippen LogP contribution < -0.4 is 0 Å². The van der Waals surface area contributed by atoms with E-state index < -0.39 is 10.0 Å². The summed E-state index contributed by atoms with van der Waals surface area (Å²) in [5.74, 6) is 0.854. The van der Waals surface area contributed by atoms with E-state index in [1.54, 1.807) is 23.1 Å². The Hall–Kier alpha value is -1.97. The largest absolute Gasteiger partial charge is 0.376 e. The molecule has 0 radical (unpaired) electrons. The molecule has 1 unspecified atom stereocenters. The second kappa shape index (κ2) is 8.81. The Labute approximate surface area is 172 Å². The van der Waals surface area contributed by atoms with Crippen LogP contribution in [-0.2, 0) is 32.5 Å². The number of benzene rings is 1. The van der Waals surface area contributed by atoms with Crippen molar-refractivity contribution in [3.63, 3.8) is 0 Å². The summed E-state index contributed by atoms with van der Waals surface area (Å²) < 4.78 is 33.6. The average molecular weight is 423 g/mol. The van der Waals surface area contributed by atoms with Gasteiger partial charge >= 0.3 is 0 Å². The molecule has 0 spiro atoms. The minimum Gasteiger partial charge on any atom is -0.376 e. The van der Waals surface area contributed by atoms with Crippen molar-refractivity contribution in [2.75, 3.05) is 34.3 Å². The second-order valence-corrected chi connectivity index (χ2v) is 9.77. The first-order chi connectivity index (χ1) is 13.7. The summed E-state index contributed by atoms with van der Waals surface area (Å²) in [5, 5.41) is 0. The summed E-state index contributed by atoms with van der Waals surface area (Å²) in [6, 6.07) is 5.00. The topological polar surface area (TPSA) is 84.7 Å².